The molecule has 3 amide bonds. The van der Waals surface area contributed by atoms with Crippen LogP contribution in [0.3, 0.4) is 0 Å². The average molecular weight is 468 g/mol. The van der Waals surface area contributed by atoms with Gasteiger partial charge < -0.3 is 42.2 Å². The fourth-order valence-electron chi connectivity index (χ4n) is 3.72. The number of carboxylic acid groups (broad SMARTS) is 1. The summed E-state index contributed by atoms with van der Waals surface area (Å²) >= 11 is 0. The van der Waals surface area contributed by atoms with E-state index in [1.807, 2.05) is 0 Å². The van der Waals surface area contributed by atoms with E-state index in [9.17, 15) is 24.3 Å². The van der Waals surface area contributed by atoms with Gasteiger partial charge in [0.25, 0.3) is 0 Å². The molecule has 4 unspecified atom stereocenters. The highest BCUT2D eigenvalue weighted by molar-refractivity contribution is 5.94. The number of unbranched alkanes of at least 4 members (excludes halogenated alkanes) is 1. The molecule has 13 nitrogen and oxygen atoms in total. The molecule has 1 fully saturated rings. The van der Waals surface area contributed by atoms with Gasteiger partial charge in [-0.2, -0.15) is 0 Å². The summed E-state index contributed by atoms with van der Waals surface area (Å²) in [6, 6.07) is -4.17. The molecule has 1 aliphatic heterocycles. The van der Waals surface area contributed by atoms with Gasteiger partial charge in [0.15, 0.2) is 0 Å². The highest BCUT2D eigenvalue weighted by atomic mass is 16.4. The fraction of sp³-hybridized carbons (Fsp3) is 0.650. The summed E-state index contributed by atoms with van der Waals surface area (Å²) < 4.78 is 0. The van der Waals surface area contributed by atoms with E-state index >= 15 is 0 Å². The molecule has 0 saturated carbocycles. The number of carbonyl (C=O) groups excluding carboxylic acids is 3. The van der Waals surface area contributed by atoms with Crippen molar-refractivity contribution in [3.8, 4) is 0 Å². The van der Waals surface area contributed by atoms with Crippen LogP contribution in [-0.2, 0) is 25.6 Å². The van der Waals surface area contributed by atoms with Crippen molar-refractivity contribution >= 4 is 23.7 Å². The van der Waals surface area contributed by atoms with Gasteiger partial charge in [0.05, 0.1) is 19.0 Å². The standard InChI is InChI=1S/C20H33N7O6/c21-6-2-1-4-14(17(29)26-15(10-28)20(32)33)25-18(30)16-5-3-7-27(16)19(31)13(22)8-12-9-23-11-24-12/h9,11,13-16,28H,1-8,10,21-22H2,(H,23,24)(H,25,30)(H,26,29)(H,32,33). The van der Waals surface area contributed by atoms with Crippen LogP contribution in [0.2, 0.25) is 0 Å². The van der Waals surface area contributed by atoms with Crippen molar-refractivity contribution in [1.82, 2.24) is 25.5 Å². The number of aliphatic carboxylic acids is 1. The number of H-pyrrole nitrogens is 1. The van der Waals surface area contributed by atoms with E-state index in [0.29, 0.717) is 44.5 Å². The van der Waals surface area contributed by atoms with Crippen LogP contribution in [0.25, 0.3) is 0 Å². The summed E-state index contributed by atoms with van der Waals surface area (Å²) in [5.74, 6) is -3.01. The first kappa shape index (κ1) is 26.2. The topological polar surface area (TPSA) is 217 Å². The quantitative estimate of drug-likeness (QED) is 0.152. The molecule has 0 aromatic carbocycles. The van der Waals surface area contributed by atoms with Crippen LogP contribution in [0, 0.1) is 0 Å². The first-order valence-electron chi connectivity index (χ1n) is 11.0. The van der Waals surface area contributed by atoms with Crippen LogP contribution >= 0.6 is 0 Å². The van der Waals surface area contributed by atoms with E-state index in [1.54, 1.807) is 6.20 Å². The highest BCUT2D eigenvalue weighted by Crippen LogP contribution is 2.19. The van der Waals surface area contributed by atoms with E-state index in [4.69, 9.17) is 16.6 Å². The van der Waals surface area contributed by atoms with Gasteiger partial charge in [-0.15, -0.1) is 0 Å². The molecule has 33 heavy (non-hydrogen) atoms. The zero-order valence-electron chi connectivity index (χ0n) is 18.4. The number of nitrogens with zero attached hydrogens (tertiary/aromatic N) is 2. The predicted molar refractivity (Wildman–Crippen MR) is 116 cm³/mol. The summed E-state index contributed by atoms with van der Waals surface area (Å²) in [5.41, 5.74) is 12.3. The lowest BCUT2D eigenvalue weighted by Gasteiger charge is -2.28. The van der Waals surface area contributed by atoms with Gasteiger partial charge in [0, 0.05) is 24.9 Å². The maximum absolute atomic E-state index is 13.0. The lowest BCUT2D eigenvalue weighted by Crippen LogP contribution is -2.57. The number of rotatable bonds is 13. The van der Waals surface area contributed by atoms with Crippen molar-refractivity contribution in [2.75, 3.05) is 19.7 Å². The summed E-state index contributed by atoms with van der Waals surface area (Å²) in [5, 5.41) is 23.1. The number of aromatic nitrogens is 2. The molecule has 0 radical (unpaired) electrons. The number of carbonyl (C=O) groups is 4. The molecule has 0 spiro atoms. The molecule has 4 atom stereocenters. The minimum atomic E-state index is -1.49. The number of aliphatic hydroxyl groups is 1. The van der Waals surface area contributed by atoms with E-state index in [1.165, 1.54) is 11.2 Å². The van der Waals surface area contributed by atoms with Crippen LogP contribution in [0.15, 0.2) is 12.5 Å². The number of nitrogens with two attached hydrogens (primary N) is 2. The van der Waals surface area contributed by atoms with Gasteiger partial charge in [0.1, 0.15) is 18.1 Å². The number of aromatic amines is 1. The van der Waals surface area contributed by atoms with Gasteiger partial charge in [-0.1, -0.05) is 0 Å². The third-order valence-corrected chi connectivity index (χ3v) is 5.53. The van der Waals surface area contributed by atoms with E-state index in [2.05, 4.69) is 20.6 Å². The molecule has 1 aromatic heterocycles. The second kappa shape index (κ2) is 12.9. The summed E-state index contributed by atoms with van der Waals surface area (Å²) in [6.07, 6.45) is 5.68. The number of carboxylic acids is 1. The monoisotopic (exact) mass is 467 g/mol. The molecule has 1 saturated heterocycles. The number of imidazole rings is 1. The molecule has 2 rings (SSSR count). The van der Waals surface area contributed by atoms with Crippen LogP contribution in [0.4, 0.5) is 0 Å². The second-order valence-electron chi connectivity index (χ2n) is 8.00. The molecule has 1 aliphatic rings. The summed E-state index contributed by atoms with van der Waals surface area (Å²) in [7, 11) is 0. The van der Waals surface area contributed by atoms with Crippen molar-refractivity contribution in [3.05, 3.63) is 18.2 Å². The molecule has 184 valence electrons. The maximum Gasteiger partial charge on any atom is 0.328 e. The minimum Gasteiger partial charge on any atom is -0.480 e. The first-order valence-corrected chi connectivity index (χ1v) is 11.0. The Bertz CT molecular complexity index is 803. The number of amides is 3. The third kappa shape index (κ3) is 7.51. The molecule has 2 heterocycles. The van der Waals surface area contributed by atoms with Crippen molar-refractivity contribution in [2.24, 2.45) is 11.5 Å². The van der Waals surface area contributed by atoms with Gasteiger partial charge in [0.2, 0.25) is 17.7 Å². The minimum absolute atomic E-state index is 0.229. The molecule has 13 heteroatoms. The highest BCUT2D eigenvalue weighted by Gasteiger charge is 2.38. The largest absolute Gasteiger partial charge is 0.480 e. The molecular formula is C20H33N7O6. The molecule has 1 aromatic rings. The number of hydrogen-bond donors (Lipinski definition) is 7. The van der Waals surface area contributed by atoms with Crippen molar-refractivity contribution < 1.29 is 29.4 Å². The van der Waals surface area contributed by atoms with Crippen LogP contribution in [-0.4, -0.2) is 92.6 Å². The smallest absolute Gasteiger partial charge is 0.328 e. The maximum atomic E-state index is 13.0. The zero-order valence-corrected chi connectivity index (χ0v) is 18.4. The number of likely N-dealkylation sites (tertiary alicyclic amines) is 1. The molecular weight excluding hydrogens is 434 g/mol. The molecule has 9 N–H and O–H groups in total. The fourth-order valence-corrected chi connectivity index (χ4v) is 3.72. The Kier molecular flexibility index (Phi) is 10.2. The van der Waals surface area contributed by atoms with Gasteiger partial charge in [-0.05, 0) is 38.6 Å². The molecule has 0 bridgehead atoms. The van der Waals surface area contributed by atoms with E-state index in [0.717, 1.165) is 0 Å². The Morgan fingerprint density at radius 1 is 1.24 bits per heavy atom. The Morgan fingerprint density at radius 2 is 2.00 bits per heavy atom. The van der Waals surface area contributed by atoms with Gasteiger partial charge >= 0.3 is 5.97 Å². The Hall–Kier alpha value is -3.03. The number of aliphatic hydroxyl groups excluding tert-OH is 1. The zero-order chi connectivity index (χ0) is 24.4. The van der Waals surface area contributed by atoms with Crippen molar-refractivity contribution in [2.45, 2.75) is 62.7 Å². The first-order chi connectivity index (χ1) is 15.8. The lowest BCUT2D eigenvalue weighted by molar-refractivity contribution is -0.144. The Balaban J connectivity index is 2.04. The van der Waals surface area contributed by atoms with Crippen LogP contribution in [0.5, 0.6) is 0 Å². The van der Waals surface area contributed by atoms with Crippen molar-refractivity contribution in [3.63, 3.8) is 0 Å². The second-order valence-corrected chi connectivity index (χ2v) is 8.00. The Morgan fingerprint density at radius 3 is 2.61 bits per heavy atom. The number of nitrogens with one attached hydrogen (secondary N) is 3. The molecule has 0 aliphatic carbocycles. The van der Waals surface area contributed by atoms with Crippen molar-refractivity contribution in [1.29, 1.82) is 0 Å². The predicted octanol–water partition coefficient (Wildman–Crippen LogP) is -2.55. The average Bonchev–Trinajstić information content (AvgIpc) is 3.48. The summed E-state index contributed by atoms with van der Waals surface area (Å²) in [6.45, 7) is -0.0251. The normalized spacial score (nSPS) is 18.4. The lowest BCUT2D eigenvalue weighted by atomic mass is 10.1. The van der Waals surface area contributed by atoms with Crippen LogP contribution in [0.1, 0.15) is 37.8 Å². The summed E-state index contributed by atoms with van der Waals surface area (Å²) in [4.78, 5) is 57.8. The number of hydrogen-bond acceptors (Lipinski definition) is 8. The Labute approximate surface area is 191 Å². The van der Waals surface area contributed by atoms with Crippen LogP contribution < -0.4 is 22.1 Å². The van der Waals surface area contributed by atoms with E-state index in [-0.39, 0.29) is 18.7 Å². The third-order valence-electron chi connectivity index (χ3n) is 5.53. The SMILES string of the molecule is NCCCCC(NC(=O)C1CCCN1C(=O)C(N)Cc1cnc[nH]1)C(=O)NC(CO)C(=O)O. The van der Waals surface area contributed by atoms with Gasteiger partial charge in [-0.3, -0.25) is 14.4 Å². The van der Waals surface area contributed by atoms with Gasteiger partial charge in [-0.25, -0.2) is 9.78 Å². The van der Waals surface area contributed by atoms with E-state index < -0.39 is 48.6 Å².